The van der Waals surface area contributed by atoms with Gasteiger partial charge < -0.3 is 15.5 Å². The summed E-state index contributed by atoms with van der Waals surface area (Å²) < 4.78 is 0. The average molecular weight is 279 g/mol. The summed E-state index contributed by atoms with van der Waals surface area (Å²) in [5.74, 6) is 0.446. The molecule has 1 saturated carbocycles. The predicted molar refractivity (Wildman–Crippen MR) is 75.9 cm³/mol. The van der Waals surface area contributed by atoms with Crippen molar-refractivity contribution in [2.45, 2.75) is 62.9 Å². The number of nitrogens with zero attached hydrogens (tertiary/aromatic N) is 2. The molecule has 2 saturated heterocycles. The molecule has 20 heavy (non-hydrogen) atoms. The van der Waals surface area contributed by atoms with Gasteiger partial charge in [0, 0.05) is 44.1 Å². The minimum atomic E-state index is -0.243. The summed E-state index contributed by atoms with van der Waals surface area (Å²) in [6.07, 6.45) is 7.25. The summed E-state index contributed by atoms with van der Waals surface area (Å²) in [6.45, 7) is 2.40. The average Bonchev–Trinajstić information content (AvgIpc) is 2.83. The second kappa shape index (κ2) is 5.35. The molecule has 0 radical (unpaired) electrons. The van der Waals surface area contributed by atoms with E-state index in [1.165, 1.54) is 0 Å². The Labute approximate surface area is 120 Å². The summed E-state index contributed by atoms with van der Waals surface area (Å²) in [7, 11) is 0. The quantitative estimate of drug-likeness (QED) is 0.833. The van der Waals surface area contributed by atoms with Crippen LogP contribution < -0.4 is 5.73 Å². The van der Waals surface area contributed by atoms with Gasteiger partial charge in [0.05, 0.1) is 0 Å². The van der Waals surface area contributed by atoms with Gasteiger partial charge >= 0.3 is 0 Å². The highest BCUT2D eigenvalue weighted by Gasteiger charge is 2.38. The van der Waals surface area contributed by atoms with Gasteiger partial charge in [-0.25, -0.2) is 0 Å². The standard InChI is InChI=1S/C15H25N3O2/c16-15(6-3-7-15)10-14(20)17-8-1-4-12(11-17)18-9-2-5-13(18)19/h12H,1-11,16H2/t12-/m1/s1. The SMILES string of the molecule is NC1(CC(=O)N2CCC[C@@H](N3CCCC3=O)C2)CCC1. The molecule has 1 aliphatic carbocycles. The second-order valence-corrected chi connectivity index (χ2v) is 6.72. The molecule has 2 aliphatic heterocycles. The molecule has 1 atom stereocenters. The van der Waals surface area contributed by atoms with Gasteiger partial charge in [-0.15, -0.1) is 0 Å². The van der Waals surface area contributed by atoms with E-state index in [4.69, 9.17) is 5.73 Å². The third-order valence-electron chi connectivity index (χ3n) is 5.15. The molecule has 5 heteroatoms. The molecule has 5 nitrogen and oxygen atoms in total. The van der Waals surface area contributed by atoms with Crippen molar-refractivity contribution >= 4 is 11.8 Å². The fourth-order valence-electron chi connectivity index (χ4n) is 3.71. The maximum Gasteiger partial charge on any atom is 0.224 e. The third-order valence-corrected chi connectivity index (χ3v) is 5.15. The van der Waals surface area contributed by atoms with Crippen LogP contribution in [0.5, 0.6) is 0 Å². The molecular weight excluding hydrogens is 254 g/mol. The monoisotopic (exact) mass is 279 g/mol. The van der Waals surface area contributed by atoms with Crippen molar-refractivity contribution in [2.24, 2.45) is 5.73 Å². The lowest BCUT2D eigenvalue weighted by molar-refractivity contribution is -0.138. The number of likely N-dealkylation sites (tertiary alicyclic amines) is 2. The van der Waals surface area contributed by atoms with Crippen LogP contribution in [0.1, 0.15) is 51.4 Å². The highest BCUT2D eigenvalue weighted by molar-refractivity contribution is 5.79. The number of nitrogens with two attached hydrogens (primary N) is 1. The Morgan fingerprint density at radius 3 is 2.65 bits per heavy atom. The van der Waals surface area contributed by atoms with Crippen molar-refractivity contribution < 1.29 is 9.59 Å². The van der Waals surface area contributed by atoms with Crippen LogP contribution in [0.15, 0.2) is 0 Å². The number of carbonyl (C=O) groups excluding carboxylic acids is 2. The van der Waals surface area contributed by atoms with Crippen LogP contribution in [0, 0.1) is 0 Å². The lowest BCUT2D eigenvalue weighted by Gasteiger charge is -2.42. The topological polar surface area (TPSA) is 66.6 Å². The van der Waals surface area contributed by atoms with E-state index in [0.29, 0.717) is 19.4 Å². The van der Waals surface area contributed by atoms with Crippen molar-refractivity contribution in [3.05, 3.63) is 0 Å². The first-order chi connectivity index (χ1) is 9.57. The zero-order valence-electron chi connectivity index (χ0n) is 12.1. The molecule has 3 fully saturated rings. The largest absolute Gasteiger partial charge is 0.341 e. The molecule has 0 aromatic rings. The van der Waals surface area contributed by atoms with E-state index < -0.39 is 0 Å². The molecule has 2 amide bonds. The molecule has 0 spiro atoms. The molecule has 0 unspecified atom stereocenters. The number of carbonyl (C=O) groups is 2. The first-order valence-electron chi connectivity index (χ1n) is 7.94. The van der Waals surface area contributed by atoms with Crippen molar-refractivity contribution in [2.75, 3.05) is 19.6 Å². The number of rotatable bonds is 3. The minimum absolute atomic E-state index is 0.184. The molecule has 112 valence electrons. The molecule has 3 aliphatic rings. The van der Waals surface area contributed by atoms with Crippen LogP contribution in [0.25, 0.3) is 0 Å². The molecule has 0 aromatic carbocycles. The van der Waals surface area contributed by atoms with E-state index in [9.17, 15) is 9.59 Å². The van der Waals surface area contributed by atoms with Gasteiger partial charge in [0.15, 0.2) is 0 Å². The molecule has 2 N–H and O–H groups in total. The van der Waals surface area contributed by atoms with Gasteiger partial charge in [-0.3, -0.25) is 9.59 Å². The number of piperidine rings is 1. The Morgan fingerprint density at radius 2 is 2.05 bits per heavy atom. The number of amides is 2. The van der Waals surface area contributed by atoms with Crippen LogP contribution in [0.2, 0.25) is 0 Å². The fourth-order valence-corrected chi connectivity index (χ4v) is 3.71. The van der Waals surface area contributed by atoms with Crippen LogP contribution >= 0.6 is 0 Å². The van der Waals surface area contributed by atoms with Crippen LogP contribution in [-0.2, 0) is 9.59 Å². The van der Waals surface area contributed by atoms with Gasteiger partial charge in [-0.2, -0.15) is 0 Å². The van der Waals surface area contributed by atoms with Crippen molar-refractivity contribution in [3.8, 4) is 0 Å². The molecular formula is C15H25N3O2. The van der Waals surface area contributed by atoms with Crippen molar-refractivity contribution in [1.29, 1.82) is 0 Å². The fraction of sp³-hybridized carbons (Fsp3) is 0.867. The minimum Gasteiger partial charge on any atom is -0.341 e. The van der Waals surface area contributed by atoms with Gasteiger partial charge in [-0.05, 0) is 38.5 Å². The highest BCUT2D eigenvalue weighted by atomic mass is 16.2. The first kappa shape index (κ1) is 13.9. The maximum absolute atomic E-state index is 12.4. The smallest absolute Gasteiger partial charge is 0.224 e. The van der Waals surface area contributed by atoms with E-state index in [2.05, 4.69) is 0 Å². The zero-order valence-corrected chi connectivity index (χ0v) is 12.1. The van der Waals surface area contributed by atoms with Crippen LogP contribution in [0.4, 0.5) is 0 Å². The Hall–Kier alpha value is -1.10. The van der Waals surface area contributed by atoms with Gasteiger partial charge in [-0.1, -0.05) is 0 Å². The summed E-state index contributed by atoms with van der Waals surface area (Å²) in [5.41, 5.74) is 5.93. The summed E-state index contributed by atoms with van der Waals surface area (Å²) >= 11 is 0. The predicted octanol–water partition coefficient (Wildman–Crippen LogP) is 0.871. The van der Waals surface area contributed by atoms with E-state index in [1.807, 2.05) is 9.80 Å². The van der Waals surface area contributed by atoms with E-state index in [1.54, 1.807) is 0 Å². The van der Waals surface area contributed by atoms with Gasteiger partial charge in [0.2, 0.25) is 11.8 Å². The lowest BCUT2D eigenvalue weighted by Crippen LogP contribution is -2.54. The highest BCUT2D eigenvalue weighted by Crippen LogP contribution is 2.33. The lowest BCUT2D eigenvalue weighted by atomic mass is 9.75. The van der Waals surface area contributed by atoms with Crippen LogP contribution in [0.3, 0.4) is 0 Å². The summed E-state index contributed by atoms with van der Waals surface area (Å²) in [6, 6.07) is 0.234. The van der Waals surface area contributed by atoms with E-state index >= 15 is 0 Å². The zero-order chi connectivity index (χ0) is 14.2. The maximum atomic E-state index is 12.4. The Bertz CT molecular complexity index is 406. The first-order valence-corrected chi connectivity index (χ1v) is 7.94. The van der Waals surface area contributed by atoms with Crippen molar-refractivity contribution in [1.82, 2.24) is 9.80 Å². The van der Waals surface area contributed by atoms with Gasteiger partial charge in [0.25, 0.3) is 0 Å². The Morgan fingerprint density at radius 1 is 1.25 bits per heavy atom. The van der Waals surface area contributed by atoms with Crippen molar-refractivity contribution in [3.63, 3.8) is 0 Å². The Kier molecular flexibility index (Phi) is 3.71. The molecule has 0 bridgehead atoms. The number of hydrogen-bond donors (Lipinski definition) is 1. The normalized spacial score (nSPS) is 29.4. The summed E-state index contributed by atoms with van der Waals surface area (Å²) in [5, 5.41) is 0. The molecule has 2 heterocycles. The molecule has 3 rings (SSSR count). The third kappa shape index (κ3) is 2.68. The van der Waals surface area contributed by atoms with E-state index in [0.717, 1.165) is 51.6 Å². The molecule has 0 aromatic heterocycles. The van der Waals surface area contributed by atoms with E-state index in [-0.39, 0.29) is 23.4 Å². The summed E-state index contributed by atoms with van der Waals surface area (Å²) in [4.78, 5) is 28.2. The number of hydrogen-bond acceptors (Lipinski definition) is 3. The van der Waals surface area contributed by atoms with Crippen LogP contribution in [-0.4, -0.2) is 52.8 Å². The second-order valence-electron chi connectivity index (χ2n) is 6.72. The Balaban J connectivity index is 1.57. The van der Waals surface area contributed by atoms with Gasteiger partial charge in [0.1, 0.15) is 0 Å².